The van der Waals surface area contributed by atoms with Crippen LogP contribution in [0.2, 0.25) is 0 Å². The highest BCUT2D eigenvalue weighted by Gasteiger charge is 2.14. The zero-order valence-electron chi connectivity index (χ0n) is 8.40. The number of nitrogens with one attached hydrogen (secondary N) is 1. The Kier molecular flexibility index (Phi) is 7.12. The third kappa shape index (κ3) is 5.95. The van der Waals surface area contributed by atoms with Crippen LogP contribution < -0.4 is 11.1 Å². The Labute approximate surface area is 79.5 Å². The largest absolute Gasteiger partial charge is 0.379 e. The number of rotatable bonds is 7. The highest BCUT2D eigenvalue weighted by atomic mass is 16.3. The van der Waals surface area contributed by atoms with E-state index in [1.165, 1.54) is 0 Å². The van der Waals surface area contributed by atoms with Crippen LogP contribution in [0, 0.1) is 0 Å². The van der Waals surface area contributed by atoms with Crippen LogP contribution in [0.25, 0.3) is 0 Å². The van der Waals surface area contributed by atoms with Gasteiger partial charge in [0.05, 0.1) is 0 Å². The Hall–Kier alpha value is -0.200. The van der Waals surface area contributed by atoms with Gasteiger partial charge in [0.2, 0.25) is 0 Å². The Balaban J connectivity index is 3.58. The molecule has 5 heteroatoms. The van der Waals surface area contributed by atoms with Crippen molar-refractivity contribution in [2.75, 3.05) is 26.2 Å². The minimum Gasteiger partial charge on any atom is -0.379 e. The Bertz CT molecular complexity index is 112. The fourth-order valence-corrected chi connectivity index (χ4v) is 1.12. The highest BCUT2D eigenvalue weighted by molar-refractivity contribution is 4.61. The topological polar surface area (TPSA) is 81.8 Å². The number of hydrogen-bond donors (Lipinski definition) is 4. The SMILES string of the molecule is CC(O)N(CCNCCN)C(C)O. The lowest BCUT2D eigenvalue weighted by molar-refractivity contribution is -0.0828. The van der Waals surface area contributed by atoms with Gasteiger partial charge in [-0.15, -0.1) is 0 Å². The maximum absolute atomic E-state index is 9.25. The number of nitrogens with zero attached hydrogens (tertiary/aromatic N) is 1. The third-order valence-electron chi connectivity index (χ3n) is 1.83. The van der Waals surface area contributed by atoms with Crippen molar-refractivity contribution < 1.29 is 10.2 Å². The summed E-state index contributed by atoms with van der Waals surface area (Å²) < 4.78 is 0. The van der Waals surface area contributed by atoms with Gasteiger partial charge in [0.25, 0.3) is 0 Å². The van der Waals surface area contributed by atoms with E-state index >= 15 is 0 Å². The molecule has 0 amide bonds. The molecule has 2 atom stereocenters. The zero-order chi connectivity index (χ0) is 10.3. The molecule has 0 aromatic heterocycles. The van der Waals surface area contributed by atoms with Gasteiger partial charge in [0.15, 0.2) is 0 Å². The van der Waals surface area contributed by atoms with Gasteiger partial charge in [0, 0.05) is 26.2 Å². The summed E-state index contributed by atoms with van der Waals surface area (Å²) in [6, 6.07) is 0. The standard InChI is InChI=1S/C8H21N3O2/c1-7(12)11(8(2)13)6-5-10-4-3-9/h7-8,10,12-13H,3-6,9H2,1-2H3. The van der Waals surface area contributed by atoms with Gasteiger partial charge in [-0.1, -0.05) is 0 Å². The first-order valence-electron chi connectivity index (χ1n) is 4.62. The van der Waals surface area contributed by atoms with Crippen LogP contribution in [0.4, 0.5) is 0 Å². The van der Waals surface area contributed by atoms with Gasteiger partial charge in [-0.25, -0.2) is 0 Å². The van der Waals surface area contributed by atoms with Crippen LogP contribution in [0.3, 0.4) is 0 Å². The van der Waals surface area contributed by atoms with E-state index in [9.17, 15) is 10.2 Å². The average molecular weight is 191 g/mol. The summed E-state index contributed by atoms with van der Waals surface area (Å²) >= 11 is 0. The first kappa shape index (κ1) is 12.8. The molecule has 0 aliphatic heterocycles. The smallest absolute Gasteiger partial charge is 0.106 e. The fourth-order valence-electron chi connectivity index (χ4n) is 1.12. The van der Waals surface area contributed by atoms with Crippen LogP contribution in [0.5, 0.6) is 0 Å². The summed E-state index contributed by atoms with van der Waals surface area (Å²) in [6.45, 7) is 5.95. The lowest BCUT2D eigenvalue weighted by atomic mass is 10.4. The molecule has 5 N–H and O–H groups in total. The van der Waals surface area contributed by atoms with E-state index in [4.69, 9.17) is 5.73 Å². The van der Waals surface area contributed by atoms with E-state index in [1.54, 1.807) is 18.7 Å². The van der Waals surface area contributed by atoms with E-state index in [1.807, 2.05) is 0 Å². The summed E-state index contributed by atoms with van der Waals surface area (Å²) in [4.78, 5) is 1.59. The van der Waals surface area contributed by atoms with Crippen molar-refractivity contribution in [3.63, 3.8) is 0 Å². The first-order chi connectivity index (χ1) is 6.09. The Morgan fingerprint density at radius 3 is 2.15 bits per heavy atom. The van der Waals surface area contributed by atoms with E-state index < -0.39 is 12.5 Å². The van der Waals surface area contributed by atoms with Crippen LogP contribution in [-0.2, 0) is 0 Å². The molecule has 0 aliphatic carbocycles. The molecule has 5 nitrogen and oxygen atoms in total. The maximum atomic E-state index is 9.25. The number of hydrogen-bond acceptors (Lipinski definition) is 5. The lowest BCUT2D eigenvalue weighted by Gasteiger charge is -2.27. The normalized spacial score (nSPS) is 16.2. The summed E-state index contributed by atoms with van der Waals surface area (Å²) in [6.07, 6.45) is -1.25. The van der Waals surface area contributed by atoms with Crippen LogP contribution >= 0.6 is 0 Å². The molecular weight excluding hydrogens is 170 g/mol. The van der Waals surface area contributed by atoms with Crippen molar-refractivity contribution >= 4 is 0 Å². The van der Waals surface area contributed by atoms with Crippen LogP contribution in [0.15, 0.2) is 0 Å². The molecule has 80 valence electrons. The molecule has 0 saturated carbocycles. The quantitative estimate of drug-likeness (QED) is 0.291. The molecule has 0 aromatic carbocycles. The fraction of sp³-hybridized carbons (Fsp3) is 1.00. The molecule has 0 saturated heterocycles. The van der Waals surface area contributed by atoms with E-state index in [0.717, 1.165) is 6.54 Å². The predicted molar refractivity (Wildman–Crippen MR) is 52.0 cm³/mol. The molecule has 0 heterocycles. The van der Waals surface area contributed by atoms with Crippen molar-refractivity contribution in [3.05, 3.63) is 0 Å². The minimum absolute atomic E-state index is 0.601. The Morgan fingerprint density at radius 1 is 1.23 bits per heavy atom. The predicted octanol–water partition coefficient (Wildman–Crippen LogP) is -1.49. The summed E-state index contributed by atoms with van der Waals surface area (Å²) in [7, 11) is 0. The molecule has 0 rings (SSSR count). The van der Waals surface area contributed by atoms with Crippen molar-refractivity contribution in [2.24, 2.45) is 5.73 Å². The molecule has 0 aliphatic rings. The van der Waals surface area contributed by atoms with Crippen molar-refractivity contribution in [1.29, 1.82) is 0 Å². The second-order valence-corrected chi connectivity index (χ2v) is 3.04. The molecule has 0 fully saturated rings. The van der Waals surface area contributed by atoms with Crippen LogP contribution in [0.1, 0.15) is 13.8 Å². The lowest BCUT2D eigenvalue weighted by Crippen LogP contribution is -2.44. The average Bonchev–Trinajstić information content (AvgIpc) is 2.02. The minimum atomic E-state index is -0.625. The van der Waals surface area contributed by atoms with Gasteiger partial charge >= 0.3 is 0 Å². The highest BCUT2D eigenvalue weighted by Crippen LogP contribution is 1.98. The maximum Gasteiger partial charge on any atom is 0.106 e. The van der Waals surface area contributed by atoms with Gasteiger partial charge in [-0.2, -0.15) is 0 Å². The zero-order valence-corrected chi connectivity index (χ0v) is 8.40. The molecule has 0 bridgehead atoms. The molecule has 2 unspecified atom stereocenters. The van der Waals surface area contributed by atoms with Gasteiger partial charge in [-0.05, 0) is 13.8 Å². The molecule has 13 heavy (non-hydrogen) atoms. The number of nitrogens with two attached hydrogens (primary N) is 1. The summed E-state index contributed by atoms with van der Waals surface area (Å²) in [5, 5.41) is 21.6. The van der Waals surface area contributed by atoms with Crippen molar-refractivity contribution in [3.8, 4) is 0 Å². The van der Waals surface area contributed by atoms with E-state index in [-0.39, 0.29) is 0 Å². The molecule has 0 spiro atoms. The summed E-state index contributed by atoms with van der Waals surface area (Å²) in [5.41, 5.74) is 5.29. The number of aliphatic hydroxyl groups is 2. The second-order valence-electron chi connectivity index (χ2n) is 3.04. The Morgan fingerprint density at radius 2 is 1.77 bits per heavy atom. The third-order valence-corrected chi connectivity index (χ3v) is 1.83. The van der Waals surface area contributed by atoms with Gasteiger partial charge in [0.1, 0.15) is 12.5 Å². The number of aliphatic hydroxyl groups excluding tert-OH is 2. The van der Waals surface area contributed by atoms with Crippen molar-refractivity contribution in [1.82, 2.24) is 10.2 Å². The monoisotopic (exact) mass is 191 g/mol. The van der Waals surface area contributed by atoms with Gasteiger partial charge in [-0.3, -0.25) is 4.90 Å². The van der Waals surface area contributed by atoms with Gasteiger partial charge < -0.3 is 21.3 Å². The second kappa shape index (κ2) is 7.23. The van der Waals surface area contributed by atoms with Crippen LogP contribution in [-0.4, -0.2) is 53.7 Å². The first-order valence-corrected chi connectivity index (χ1v) is 4.62. The molecule has 0 radical (unpaired) electrons. The van der Waals surface area contributed by atoms with E-state index in [0.29, 0.717) is 19.6 Å². The van der Waals surface area contributed by atoms with E-state index in [2.05, 4.69) is 5.32 Å². The molecular formula is C8H21N3O2. The summed E-state index contributed by atoms with van der Waals surface area (Å²) in [5.74, 6) is 0. The van der Waals surface area contributed by atoms with Crippen molar-refractivity contribution in [2.45, 2.75) is 26.3 Å². The molecule has 0 aromatic rings.